The lowest BCUT2D eigenvalue weighted by Gasteiger charge is -2.34. The van der Waals surface area contributed by atoms with Gasteiger partial charge in [0.05, 0.1) is 6.61 Å². The Morgan fingerprint density at radius 1 is 1.38 bits per heavy atom. The molecule has 0 aromatic heterocycles. The fourth-order valence-electron chi connectivity index (χ4n) is 1.99. The molecule has 2 N–H and O–H groups in total. The van der Waals surface area contributed by atoms with Gasteiger partial charge in [-0.3, -0.25) is 0 Å². The first-order valence-electron chi connectivity index (χ1n) is 5.29. The molecule has 3 nitrogen and oxygen atoms in total. The second kappa shape index (κ2) is 5.58. The highest BCUT2D eigenvalue weighted by molar-refractivity contribution is 4.74. The molecule has 1 fully saturated rings. The number of nitrogens with two attached hydrogens (primary N) is 1. The Morgan fingerprint density at radius 2 is 2.00 bits per heavy atom. The molecule has 0 saturated carbocycles. The van der Waals surface area contributed by atoms with Gasteiger partial charge >= 0.3 is 0 Å². The van der Waals surface area contributed by atoms with Crippen LogP contribution in [0.1, 0.15) is 33.1 Å². The fourth-order valence-corrected chi connectivity index (χ4v) is 1.99. The van der Waals surface area contributed by atoms with E-state index in [4.69, 9.17) is 5.90 Å². The molecule has 3 heteroatoms. The second-order valence-corrected chi connectivity index (χ2v) is 4.23. The van der Waals surface area contributed by atoms with Gasteiger partial charge in [-0.1, -0.05) is 0 Å². The summed E-state index contributed by atoms with van der Waals surface area (Å²) in [6.45, 7) is 7.73. The van der Waals surface area contributed by atoms with Crippen LogP contribution >= 0.6 is 0 Å². The predicted molar refractivity (Wildman–Crippen MR) is 54.2 cm³/mol. The van der Waals surface area contributed by atoms with Crippen molar-refractivity contribution in [2.45, 2.75) is 39.2 Å². The molecular formula is C10H22N2O. The number of piperidine rings is 1. The van der Waals surface area contributed by atoms with Crippen LogP contribution in [0, 0.1) is 5.92 Å². The minimum Gasteiger partial charge on any atom is -0.305 e. The van der Waals surface area contributed by atoms with Crippen LogP contribution in [0.3, 0.4) is 0 Å². The monoisotopic (exact) mass is 186 g/mol. The summed E-state index contributed by atoms with van der Waals surface area (Å²) in [4.78, 5) is 7.15. The van der Waals surface area contributed by atoms with Crippen molar-refractivity contribution in [1.82, 2.24) is 4.90 Å². The maximum atomic E-state index is 5.01. The van der Waals surface area contributed by atoms with Crippen molar-refractivity contribution in [3.05, 3.63) is 0 Å². The first kappa shape index (κ1) is 11.0. The zero-order valence-electron chi connectivity index (χ0n) is 8.83. The topological polar surface area (TPSA) is 38.5 Å². The highest BCUT2D eigenvalue weighted by Crippen LogP contribution is 2.21. The molecule has 0 aromatic carbocycles. The molecule has 0 amide bonds. The van der Waals surface area contributed by atoms with Gasteiger partial charge in [-0.15, -0.1) is 0 Å². The van der Waals surface area contributed by atoms with E-state index in [9.17, 15) is 0 Å². The number of nitrogens with zero attached hydrogens (tertiary/aromatic N) is 1. The van der Waals surface area contributed by atoms with Gasteiger partial charge in [0.25, 0.3) is 0 Å². The van der Waals surface area contributed by atoms with E-state index in [1.807, 2.05) is 0 Å². The largest absolute Gasteiger partial charge is 0.305 e. The van der Waals surface area contributed by atoms with Crippen LogP contribution in [0.4, 0.5) is 0 Å². The van der Waals surface area contributed by atoms with Gasteiger partial charge in [0, 0.05) is 6.04 Å². The summed E-state index contributed by atoms with van der Waals surface area (Å²) >= 11 is 0. The van der Waals surface area contributed by atoms with E-state index in [1.165, 1.54) is 25.9 Å². The number of likely N-dealkylation sites (tertiary alicyclic amines) is 1. The molecule has 0 aliphatic carbocycles. The number of rotatable bonds is 4. The van der Waals surface area contributed by atoms with Crippen LogP contribution in [0.2, 0.25) is 0 Å². The van der Waals surface area contributed by atoms with Gasteiger partial charge in [0.15, 0.2) is 0 Å². The Bertz CT molecular complexity index is 131. The van der Waals surface area contributed by atoms with E-state index >= 15 is 0 Å². The minimum atomic E-state index is 0.701. The quantitative estimate of drug-likeness (QED) is 0.674. The summed E-state index contributed by atoms with van der Waals surface area (Å²) in [6, 6.07) is 0.701. The first-order chi connectivity index (χ1) is 6.24. The van der Waals surface area contributed by atoms with E-state index < -0.39 is 0 Å². The van der Waals surface area contributed by atoms with Crippen LogP contribution < -0.4 is 5.90 Å². The summed E-state index contributed by atoms with van der Waals surface area (Å²) in [5.74, 6) is 5.84. The zero-order valence-corrected chi connectivity index (χ0v) is 8.83. The molecular weight excluding hydrogens is 164 g/mol. The third-order valence-corrected chi connectivity index (χ3v) is 3.02. The van der Waals surface area contributed by atoms with Gasteiger partial charge in [-0.25, -0.2) is 5.90 Å². The van der Waals surface area contributed by atoms with Crippen molar-refractivity contribution < 1.29 is 4.84 Å². The number of hydrogen-bond acceptors (Lipinski definition) is 3. The molecule has 0 radical (unpaired) electrons. The third kappa shape index (κ3) is 3.63. The van der Waals surface area contributed by atoms with Crippen LogP contribution in [0.15, 0.2) is 0 Å². The van der Waals surface area contributed by atoms with Crippen molar-refractivity contribution in [3.8, 4) is 0 Å². The van der Waals surface area contributed by atoms with Crippen LogP contribution in [0.25, 0.3) is 0 Å². The van der Waals surface area contributed by atoms with E-state index in [0.29, 0.717) is 12.6 Å². The molecule has 0 aromatic rings. The molecule has 0 unspecified atom stereocenters. The van der Waals surface area contributed by atoms with Gasteiger partial charge < -0.3 is 9.74 Å². The third-order valence-electron chi connectivity index (χ3n) is 3.02. The lowest BCUT2D eigenvalue weighted by Crippen LogP contribution is -2.38. The first-order valence-corrected chi connectivity index (χ1v) is 5.29. The lowest BCUT2D eigenvalue weighted by molar-refractivity contribution is 0.0949. The summed E-state index contributed by atoms with van der Waals surface area (Å²) < 4.78 is 0. The van der Waals surface area contributed by atoms with Crippen molar-refractivity contribution in [3.63, 3.8) is 0 Å². The molecule has 1 rings (SSSR count). The average molecular weight is 186 g/mol. The van der Waals surface area contributed by atoms with Crippen molar-refractivity contribution in [2.24, 2.45) is 11.8 Å². The summed E-state index contributed by atoms with van der Waals surface area (Å²) in [6.07, 6.45) is 3.74. The molecule has 13 heavy (non-hydrogen) atoms. The molecule has 1 aliphatic heterocycles. The maximum absolute atomic E-state index is 5.01. The van der Waals surface area contributed by atoms with E-state index in [1.54, 1.807) is 0 Å². The van der Waals surface area contributed by atoms with Gasteiger partial charge in [-0.2, -0.15) is 0 Å². The molecule has 1 aliphatic rings. The van der Waals surface area contributed by atoms with Crippen LogP contribution in [-0.2, 0) is 4.84 Å². The molecule has 1 heterocycles. The number of hydrogen-bond donors (Lipinski definition) is 1. The summed E-state index contributed by atoms with van der Waals surface area (Å²) in [7, 11) is 0. The Kier molecular flexibility index (Phi) is 4.70. The molecule has 0 bridgehead atoms. The van der Waals surface area contributed by atoms with Gasteiger partial charge in [0.2, 0.25) is 0 Å². The normalized spacial score (nSPS) is 21.2. The Labute approximate surface area is 81.2 Å². The molecule has 78 valence electrons. The van der Waals surface area contributed by atoms with Crippen LogP contribution in [0.5, 0.6) is 0 Å². The highest BCUT2D eigenvalue weighted by atomic mass is 16.6. The van der Waals surface area contributed by atoms with Gasteiger partial charge in [0.1, 0.15) is 0 Å². The van der Waals surface area contributed by atoms with Crippen LogP contribution in [-0.4, -0.2) is 30.6 Å². The van der Waals surface area contributed by atoms with Crippen molar-refractivity contribution >= 4 is 0 Å². The molecule has 0 atom stereocenters. The molecule has 0 spiro atoms. The SMILES string of the molecule is CC(C)N1CCC(CCON)CC1. The second-order valence-electron chi connectivity index (χ2n) is 4.23. The minimum absolute atomic E-state index is 0.701. The smallest absolute Gasteiger partial charge is 0.0681 e. The fraction of sp³-hybridized carbons (Fsp3) is 1.00. The Morgan fingerprint density at radius 3 is 2.46 bits per heavy atom. The maximum Gasteiger partial charge on any atom is 0.0681 e. The summed E-state index contributed by atoms with van der Waals surface area (Å²) in [5.41, 5.74) is 0. The van der Waals surface area contributed by atoms with Crippen molar-refractivity contribution in [2.75, 3.05) is 19.7 Å². The lowest BCUT2D eigenvalue weighted by atomic mass is 9.93. The Hall–Kier alpha value is -0.120. The van der Waals surface area contributed by atoms with Crippen molar-refractivity contribution in [1.29, 1.82) is 0 Å². The van der Waals surface area contributed by atoms with Gasteiger partial charge in [-0.05, 0) is 52.1 Å². The zero-order chi connectivity index (χ0) is 9.68. The van der Waals surface area contributed by atoms with E-state index in [0.717, 1.165) is 12.3 Å². The van der Waals surface area contributed by atoms with E-state index in [2.05, 4.69) is 23.6 Å². The predicted octanol–water partition coefficient (Wildman–Crippen LogP) is 1.39. The standard InChI is InChI=1S/C10H22N2O/c1-9(2)12-6-3-10(4-7-12)5-8-13-11/h9-10H,3-8,11H2,1-2H3. The summed E-state index contributed by atoms with van der Waals surface area (Å²) in [5, 5.41) is 0. The van der Waals surface area contributed by atoms with E-state index in [-0.39, 0.29) is 0 Å². The average Bonchev–Trinajstić information content (AvgIpc) is 2.15. The molecule has 1 saturated heterocycles. The Balaban J connectivity index is 2.15. The highest BCUT2D eigenvalue weighted by Gasteiger charge is 2.20.